The first kappa shape index (κ1) is 15.5. The van der Waals surface area contributed by atoms with Gasteiger partial charge in [0.25, 0.3) is 11.8 Å². The van der Waals surface area contributed by atoms with Crippen molar-refractivity contribution in [3.8, 4) is 5.75 Å². The summed E-state index contributed by atoms with van der Waals surface area (Å²) in [7, 11) is 1.56. The van der Waals surface area contributed by atoms with Crippen molar-refractivity contribution in [2.24, 2.45) is 0 Å². The molecule has 0 heterocycles. The zero-order valence-electron chi connectivity index (χ0n) is 12.0. The maximum Gasteiger partial charge on any atom is 0.274 e. The largest absolute Gasteiger partial charge is 0.497 e. The minimum Gasteiger partial charge on any atom is -0.497 e. The summed E-state index contributed by atoms with van der Waals surface area (Å²) in [6.07, 6.45) is 0. The molecule has 3 N–H and O–H groups in total. The van der Waals surface area contributed by atoms with E-state index in [0.29, 0.717) is 16.9 Å². The van der Waals surface area contributed by atoms with E-state index in [0.717, 1.165) is 5.56 Å². The van der Waals surface area contributed by atoms with Crippen LogP contribution in [0.1, 0.15) is 26.3 Å². The molecule has 2 aromatic rings. The molecule has 0 unspecified atom stereocenters. The van der Waals surface area contributed by atoms with Crippen LogP contribution >= 0.6 is 0 Å². The Morgan fingerprint density at radius 3 is 2.41 bits per heavy atom. The fourth-order valence-electron chi connectivity index (χ4n) is 1.91. The van der Waals surface area contributed by atoms with Crippen LogP contribution in [0.3, 0.4) is 0 Å². The predicted molar refractivity (Wildman–Crippen MR) is 79.9 cm³/mol. The lowest BCUT2D eigenvalue weighted by molar-refractivity contribution is 0.0706. The van der Waals surface area contributed by atoms with Gasteiger partial charge < -0.3 is 10.1 Å². The second-order valence-corrected chi connectivity index (χ2v) is 4.55. The number of benzene rings is 2. The van der Waals surface area contributed by atoms with Crippen LogP contribution in [0.2, 0.25) is 0 Å². The van der Waals surface area contributed by atoms with Gasteiger partial charge in [-0.1, -0.05) is 12.1 Å². The number of methoxy groups -OCH3 is 1. The van der Waals surface area contributed by atoms with Gasteiger partial charge in [0.05, 0.1) is 7.11 Å². The van der Waals surface area contributed by atoms with E-state index < -0.39 is 5.91 Å². The molecule has 2 aromatic carbocycles. The van der Waals surface area contributed by atoms with E-state index in [9.17, 15) is 9.59 Å². The van der Waals surface area contributed by atoms with E-state index in [1.165, 1.54) is 0 Å². The second kappa shape index (κ2) is 7.24. The average Bonchev–Trinajstić information content (AvgIpc) is 2.59. The molecule has 0 bridgehead atoms. The van der Waals surface area contributed by atoms with Gasteiger partial charge in [0.1, 0.15) is 5.75 Å². The summed E-state index contributed by atoms with van der Waals surface area (Å²) < 4.78 is 5.03. The van der Waals surface area contributed by atoms with E-state index >= 15 is 0 Å². The predicted octanol–water partition coefficient (Wildman–Crippen LogP) is 1.74. The molecule has 0 aliphatic carbocycles. The molecule has 0 spiro atoms. The minimum absolute atomic E-state index is 0.223. The highest BCUT2D eigenvalue weighted by Crippen LogP contribution is 2.11. The Balaban J connectivity index is 1.99. The Bertz CT molecular complexity index is 668. The average molecular weight is 300 g/mol. The number of hydrogen-bond acceptors (Lipinski definition) is 4. The molecule has 0 aromatic heterocycles. The fourth-order valence-corrected chi connectivity index (χ4v) is 1.91. The van der Waals surface area contributed by atoms with Crippen molar-refractivity contribution in [3.05, 3.63) is 65.2 Å². The van der Waals surface area contributed by atoms with Gasteiger partial charge in [-0.3, -0.25) is 14.8 Å². The summed E-state index contributed by atoms with van der Waals surface area (Å²) in [5.74, 6) is -0.137. The summed E-state index contributed by atoms with van der Waals surface area (Å²) in [5.41, 5.74) is 3.16. The number of hydrogen-bond donors (Lipinski definition) is 3. The van der Waals surface area contributed by atoms with Gasteiger partial charge in [0, 0.05) is 17.7 Å². The Kier molecular flexibility index (Phi) is 5.11. The van der Waals surface area contributed by atoms with Crippen molar-refractivity contribution >= 4 is 11.8 Å². The van der Waals surface area contributed by atoms with Crippen LogP contribution in [-0.4, -0.2) is 24.1 Å². The quantitative estimate of drug-likeness (QED) is 0.580. The summed E-state index contributed by atoms with van der Waals surface area (Å²) >= 11 is 0. The van der Waals surface area contributed by atoms with Gasteiger partial charge in [-0.15, -0.1) is 0 Å². The van der Waals surface area contributed by atoms with Gasteiger partial charge in [0.15, 0.2) is 0 Å². The van der Waals surface area contributed by atoms with Crippen LogP contribution in [-0.2, 0) is 6.54 Å². The summed E-state index contributed by atoms with van der Waals surface area (Å²) in [4.78, 5) is 23.3. The molecule has 0 saturated carbocycles. The van der Waals surface area contributed by atoms with Crippen molar-refractivity contribution in [1.29, 1.82) is 0 Å². The zero-order valence-corrected chi connectivity index (χ0v) is 12.0. The maximum absolute atomic E-state index is 12.0. The number of amides is 2. The molecule has 0 saturated heterocycles. The molecular weight excluding hydrogens is 284 g/mol. The van der Waals surface area contributed by atoms with Crippen molar-refractivity contribution in [1.82, 2.24) is 10.8 Å². The number of rotatable bonds is 5. The molecule has 0 fully saturated rings. The molecule has 0 aliphatic rings. The van der Waals surface area contributed by atoms with Crippen LogP contribution < -0.4 is 15.5 Å². The topological polar surface area (TPSA) is 87.7 Å². The van der Waals surface area contributed by atoms with E-state index in [1.54, 1.807) is 61.1 Å². The highest BCUT2D eigenvalue weighted by Gasteiger charge is 2.07. The molecule has 2 amide bonds. The van der Waals surface area contributed by atoms with E-state index in [-0.39, 0.29) is 12.5 Å². The molecule has 6 nitrogen and oxygen atoms in total. The monoisotopic (exact) mass is 300 g/mol. The summed E-state index contributed by atoms with van der Waals surface area (Å²) in [6.45, 7) is 0.275. The SMILES string of the molecule is COc1ccc(C(=O)NCc2cccc(C(=O)NO)c2)cc1. The van der Waals surface area contributed by atoms with Crippen LogP contribution in [0.5, 0.6) is 5.75 Å². The second-order valence-electron chi connectivity index (χ2n) is 4.55. The first-order valence-corrected chi connectivity index (χ1v) is 6.59. The van der Waals surface area contributed by atoms with Crippen molar-refractivity contribution in [3.63, 3.8) is 0 Å². The van der Waals surface area contributed by atoms with Gasteiger partial charge in [0.2, 0.25) is 0 Å². The highest BCUT2D eigenvalue weighted by molar-refractivity contribution is 5.94. The van der Waals surface area contributed by atoms with Gasteiger partial charge in [-0.25, -0.2) is 5.48 Å². The van der Waals surface area contributed by atoms with Crippen molar-refractivity contribution < 1.29 is 19.5 Å². The van der Waals surface area contributed by atoms with E-state index in [4.69, 9.17) is 9.94 Å². The standard InChI is InChI=1S/C16H16N2O4/c1-22-14-7-5-12(6-8-14)15(19)17-10-11-3-2-4-13(9-11)16(20)18-21/h2-9,21H,10H2,1H3,(H,17,19)(H,18,20). The van der Waals surface area contributed by atoms with Crippen LogP contribution in [0, 0.1) is 0 Å². The van der Waals surface area contributed by atoms with E-state index in [1.807, 2.05) is 0 Å². The third-order valence-corrected chi connectivity index (χ3v) is 3.10. The smallest absolute Gasteiger partial charge is 0.274 e. The van der Waals surface area contributed by atoms with E-state index in [2.05, 4.69) is 5.32 Å². The van der Waals surface area contributed by atoms with Crippen molar-refractivity contribution in [2.75, 3.05) is 7.11 Å². The normalized spacial score (nSPS) is 9.91. The molecule has 6 heteroatoms. The number of carbonyl (C=O) groups excluding carboxylic acids is 2. The number of nitrogens with one attached hydrogen (secondary N) is 2. The summed E-state index contributed by atoms with van der Waals surface area (Å²) in [5, 5.41) is 11.4. The number of ether oxygens (including phenoxy) is 1. The Morgan fingerprint density at radius 2 is 1.77 bits per heavy atom. The molecule has 22 heavy (non-hydrogen) atoms. The Morgan fingerprint density at radius 1 is 1.05 bits per heavy atom. The Hall–Kier alpha value is -2.86. The van der Waals surface area contributed by atoms with Gasteiger partial charge >= 0.3 is 0 Å². The lowest BCUT2D eigenvalue weighted by Crippen LogP contribution is -2.23. The molecule has 0 radical (unpaired) electrons. The molecule has 0 aliphatic heterocycles. The molecule has 114 valence electrons. The zero-order chi connectivity index (χ0) is 15.9. The fraction of sp³-hybridized carbons (Fsp3) is 0.125. The van der Waals surface area contributed by atoms with Crippen LogP contribution in [0.25, 0.3) is 0 Å². The third kappa shape index (κ3) is 3.83. The number of carbonyl (C=O) groups is 2. The first-order chi connectivity index (χ1) is 10.6. The maximum atomic E-state index is 12.0. The number of hydroxylamine groups is 1. The minimum atomic E-state index is -0.594. The highest BCUT2D eigenvalue weighted by atomic mass is 16.5. The first-order valence-electron chi connectivity index (χ1n) is 6.59. The van der Waals surface area contributed by atoms with Crippen LogP contribution in [0.15, 0.2) is 48.5 Å². The Labute approximate surface area is 127 Å². The lowest BCUT2D eigenvalue weighted by atomic mass is 10.1. The summed E-state index contributed by atoms with van der Waals surface area (Å²) in [6, 6.07) is 13.4. The molecule has 2 rings (SSSR count). The van der Waals surface area contributed by atoms with Gasteiger partial charge in [-0.2, -0.15) is 0 Å². The molecule has 0 atom stereocenters. The van der Waals surface area contributed by atoms with Crippen molar-refractivity contribution in [2.45, 2.75) is 6.54 Å². The van der Waals surface area contributed by atoms with Gasteiger partial charge in [-0.05, 0) is 42.0 Å². The lowest BCUT2D eigenvalue weighted by Gasteiger charge is -2.07. The van der Waals surface area contributed by atoms with Crippen LogP contribution in [0.4, 0.5) is 0 Å². The molecular formula is C16H16N2O4. The third-order valence-electron chi connectivity index (χ3n) is 3.10.